The predicted octanol–water partition coefficient (Wildman–Crippen LogP) is 3.28. The van der Waals surface area contributed by atoms with Crippen LogP contribution in [0, 0.1) is 27.4 Å². The number of unbranched alkanes of at least 4 members (excludes halogenated alkanes) is 1. The van der Waals surface area contributed by atoms with Crippen LogP contribution in [0.3, 0.4) is 0 Å². The maximum Gasteiger partial charge on any atom is 0.381 e. The summed E-state index contributed by atoms with van der Waals surface area (Å²) in [5, 5.41) is 28.7. The van der Waals surface area contributed by atoms with Crippen LogP contribution in [0.25, 0.3) is 0 Å². The molecule has 0 amide bonds. The van der Waals surface area contributed by atoms with Crippen molar-refractivity contribution in [3.63, 3.8) is 0 Å². The highest BCUT2D eigenvalue weighted by molar-refractivity contribution is 5.92. The highest BCUT2D eigenvalue weighted by Gasteiger charge is 2.59. The van der Waals surface area contributed by atoms with Crippen molar-refractivity contribution in [2.24, 2.45) is 17.3 Å². The lowest BCUT2D eigenvalue weighted by atomic mass is 9.44. The van der Waals surface area contributed by atoms with Crippen molar-refractivity contribution >= 4 is 23.7 Å². The van der Waals surface area contributed by atoms with E-state index in [1.165, 1.54) is 0 Å². The number of carbonyl (C=O) groups excluding carboxylic acids is 3. The van der Waals surface area contributed by atoms with Crippen molar-refractivity contribution in [1.29, 1.82) is 0 Å². The number of carboxylic acids is 1. The molecule has 2 bridgehead atoms. The number of carbonyl (C=O) groups is 4. The van der Waals surface area contributed by atoms with Crippen LogP contribution in [0.1, 0.15) is 56.6 Å². The van der Waals surface area contributed by atoms with Crippen LogP contribution in [-0.2, 0) is 34.7 Å². The van der Waals surface area contributed by atoms with Gasteiger partial charge in [-0.05, 0) is 42.7 Å². The Balaban J connectivity index is 1.89. The van der Waals surface area contributed by atoms with E-state index in [4.69, 9.17) is 9.84 Å². The Morgan fingerprint density at radius 3 is 2.46 bits per heavy atom. The Hall–Kier alpha value is -4.10. The van der Waals surface area contributed by atoms with Gasteiger partial charge in [0.15, 0.2) is 0 Å². The zero-order valence-corrected chi connectivity index (χ0v) is 21.1. The molecule has 0 unspecified atom stereocenters. The number of esters is 2. The van der Waals surface area contributed by atoms with Gasteiger partial charge < -0.3 is 24.5 Å². The quantitative estimate of drug-likeness (QED) is 0.0965. The molecular weight excluding hydrogens is 528 g/mol. The maximum absolute atomic E-state index is 15.0. The lowest BCUT2D eigenvalue weighted by Crippen LogP contribution is -2.56. The number of phenolic OH excluding ortho intramolecular Hbond substituents is 1. The molecule has 12 nitrogen and oxygen atoms in total. The predicted molar refractivity (Wildman–Crippen MR) is 125 cm³/mol. The zero-order valence-electron chi connectivity index (χ0n) is 21.1. The van der Waals surface area contributed by atoms with Crippen LogP contribution < -0.4 is 4.74 Å². The van der Waals surface area contributed by atoms with Gasteiger partial charge in [-0.25, -0.2) is 14.4 Å². The molecule has 0 spiro atoms. The number of nitrogens with zero attached hydrogens (tertiary/aromatic N) is 1. The van der Waals surface area contributed by atoms with Crippen molar-refractivity contribution in [2.75, 3.05) is 13.2 Å². The van der Waals surface area contributed by atoms with E-state index in [2.05, 4.69) is 9.57 Å². The monoisotopic (exact) mass is 555 g/mol. The highest BCUT2D eigenvalue weighted by Crippen LogP contribution is 2.64. The fourth-order valence-electron chi connectivity index (χ4n) is 5.24. The Kier molecular flexibility index (Phi) is 8.56. The van der Waals surface area contributed by atoms with Crippen LogP contribution in [0.15, 0.2) is 24.3 Å². The molecular formula is C25H27F2NO11. The van der Waals surface area contributed by atoms with E-state index in [1.54, 1.807) is 0 Å². The average molecular weight is 555 g/mol. The zero-order chi connectivity index (χ0) is 29.1. The number of ether oxygens (including phenoxy) is 2. The second kappa shape index (κ2) is 11.3. The number of rotatable bonds is 12. The van der Waals surface area contributed by atoms with Gasteiger partial charge in [0.05, 0.1) is 13.2 Å². The van der Waals surface area contributed by atoms with Gasteiger partial charge in [0.2, 0.25) is 0 Å². The number of hydrogen-bond donors (Lipinski definition) is 2. The molecule has 4 rings (SSSR count). The SMILES string of the molecule is CC1(C)[C@H]2C[C@H]1[C@H](c1c(O)cc(C(F)(F)C(=O)OCCCCO[N+](=O)[O-])cc1OC(=O)/C=C/C(=O)O)CC2=O. The van der Waals surface area contributed by atoms with Crippen LogP contribution in [0.4, 0.5) is 8.78 Å². The maximum atomic E-state index is 15.0. The summed E-state index contributed by atoms with van der Waals surface area (Å²) < 4.78 is 39.8. The normalized spacial score (nSPS) is 21.6. The van der Waals surface area contributed by atoms with Crippen LogP contribution in [0.2, 0.25) is 0 Å². The van der Waals surface area contributed by atoms with Gasteiger partial charge >= 0.3 is 23.8 Å². The van der Waals surface area contributed by atoms with E-state index in [-0.39, 0.29) is 49.1 Å². The summed E-state index contributed by atoms with van der Waals surface area (Å²) in [6, 6.07) is 1.31. The third-order valence-electron chi connectivity index (χ3n) is 7.29. The third kappa shape index (κ3) is 6.32. The van der Waals surface area contributed by atoms with Crippen molar-refractivity contribution in [1.82, 2.24) is 0 Å². The molecule has 14 heteroatoms. The average Bonchev–Trinajstić information content (AvgIpc) is 2.83. The Morgan fingerprint density at radius 2 is 1.87 bits per heavy atom. The van der Waals surface area contributed by atoms with Gasteiger partial charge in [0, 0.05) is 41.5 Å². The molecule has 3 atom stereocenters. The second-order valence-corrected chi connectivity index (χ2v) is 9.97. The number of carboxylic acid groups (broad SMARTS) is 1. The molecule has 3 aliphatic carbocycles. The van der Waals surface area contributed by atoms with Crippen LogP contribution >= 0.6 is 0 Å². The van der Waals surface area contributed by atoms with Crippen LogP contribution in [-0.4, -0.2) is 52.2 Å². The smallest absolute Gasteiger partial charge is 0.381 e. The molecule has 3 saturated carbocycles. The minimum Gasteiger partial charge on any atom is -0.508 e. The van der Waals surface area contributed by atoms with Crippen molar-refractivity contribution in [3.8, 4) is 11.5 Å². The van der Waals surface area contributed by atoms with Crippen molar-refractivity contribution in [3.05, 3.63) is 45.5 Å². The summed E-state index contributed by atoms with van der Waals surface area (Å²) >= 11 is 0. The Labute approximate surface area is 220 Å². The van der Waals surface area contributed by atoms with Gasteiger partial charge in [-0.2, -0.15) is 8.78 Å². The first-order valence-electron chi connectivity index (χ1n) is 12.0. The number of hydrogen-bond acceptors (Lipinski definition) is 10. The lowest BCUT2D eigenvalue weighted by Gasteiger charge is -2.59. The summed E-state index contributed by atoms with van der Waals surface area (Å²) in [7, 11) is 0. The third-order valence-corrected chi connectivity index (χ3v) is 7.29. The minimum absolute atomic E-state index is 0.00744. The Morgan fingerprint density at radius 1 is 1.21 bits per heavy atom. The molecule has 0 aliphatic heterocycles. The molecule has 2 N–H and O–H groups in total. The number of benzene rings is 1. The summed E-state index contributed by atoms with van der Waals surface area (Å²) in [5.74, 6) is -11.4. The number of Topliss-reactive ketones (excluding diaryl/α,β-unsaturated/α-hetero) is 1. The number of aromatic hydroxyl groups is 1. The molecule has 1 aromatic carbocycles. The van der Waals surface area contributed by atoms with E-state index in [0.717, 1.165) is 0 Å². The molecule has 3 aliphatic rings. The van der Waals surface area contributed by atoms with Gasteiger partial charge in [-0.1, -0.05) is 13.8 Å². The van der Waals surface area contributed by atoms with E-state index < -0.39 is 63.9 Å². The number of alkyl halides is 2. The van der Waals surface area contributed by atoms with Gasteiger partial charge in [0.1, 0.15) is 17.3 Å². The standard InChI is InChI=1S/C25H27F2NO11/c1-24(2)15-12-16(24)17(29)11-14(15)22-18(30)9-13(10-19(22)39-21(33)6-5-20(31)32)25(26,27)23(34)37-7-3-4-8-38-28(35)36/h5-6,9-10,14-16,30H,3-4,7-8,11-12H2,1-2H3,(H,31,32)/b6-5+/t14-,15+,16+/m1/s1. The second-order valence-electron chi connectivity index (χ2n) is 9.97. The van der Waals surface area contributed by atoms with Crippen LogP contribution in [0.5, 0.6) is 11.5 Å². The molecule has 3 fully saturated rings. The first-order chi connectivity index (χ1) is 18.2. The molecule has 1 aromatic rings. The number of halogens is 2. The van der Waals surface area contributed by atoms with E-state index >= 15 is 8.78 Å². The number of phenols is 1. The summed E-state index contributed by atoms with van der Waals surface area (Å²) in [6.07, 6.45) is 1.53. The molecule has 0 aromatic heterocycles. The highest BCUT2D eigenvalue weighted by atomic mass is 19.3. The largest absolute Gasteiger partial charge is 0.508 e. The molecule has 0 heterocycles. The van der Waals surface area contributed by atoms with Crippen molar-refractivity contribution in [2.45, 2.75) is 51.4 Å². The van der Waals surface area contributed by atoms with E-state index in [1.807, 2.05) is 13.8 Å². The van der Waals surface area contributed by atoms with E-state index in [0.29, 0.717) is 30.7 Å². The van der Waals surface area contributed by atoms with Gasteiger partial charge in [-0.3, -0.25) is 4.79 Å². The fourth-order valence-corrected chi connectivity index (χ4v) is 5.24. The van der Waals surface area contributed by atoms with Gasteiger partial charge in [0.25, 0.3) is 5.09 Å². The number of ketones is 1. The van der Waals surface area contributed by atoms with Gasteiger partial charge in [-0.15, -0.1) is 10.1 Å². The topological polar surface area (TPSA) is 180 Å². The molecule has 212 valence electrons. The molecule has 0 radical (unpaired) electrons. The first kappa shape index (κ1) is 29.5. The minimum atomic E-state index is -4.31. The van der Waals surface area contributed by atoms with E-state index in [9.17, 15) is 34.4 Å². The summed E-state index contributed by atoms with van der Waals surface area (Å²) in [4.78, 5) is 62.1. The lowest BCUT2D eigenvalue weighted by molar-refractivity contribution is -0.757. The first-order valence-corrected chi connectivity index (χ1v) is 12.0. The summed E-state index contributed by atoms with van der Waals surface area (Å²) in [6.45, 7) is 2.93. The number of fused-ring (bicyclic) bond motifs is 2. The Bertz CT molecular complexity index is 1210. The molecule has 39 heavy (non-hydrogen) atoms. The summed E-state index contributed by atoms with van der Waals surface area (Å²) in [5.41, 5.74) is -1.59. The van der Waals surface area contributed by atoms with Crippen molar-refractivity contribution < 1.29 is 57.6 Å². The molecule has 0 saturated heterocycles. The number of aliphatic carboxylic acids is 1. The fraction of sp³-hybridized carbons (Fsp3) is 0.520.